The van der Waals surface area contributed by atoms with E-state index in [1.165, 1.54) is 0 Å². The smallest absolute Gasteiger partial charge is 0.251 e. The van der Waals surface area contributed by atoms with E-state index in [1.807, 2.05) is 30.3 Å². The molecule has 3 rings (SSSR count). The monoisotopic (exact) mass is 448 g/mol. The SMILES string of the molecule is CC(C)(Cc1cccc(C(=O)NCCc2ccc(O)cc2)c1)NC[C@@H](O)c1ccc(N)nc1. The predicted octanol–water partition coefficient (Wildman–Crippen LogP) is 2.99. The molecule has 0 bridgehead atoms. The maximum absolute atomic E-state index is 12.6. The van der Waals surface area contributed by atoms with E-state index in [-0.39, 0.29) is 17.2 Å². The largest absolute Gasteiger partial charge is 0.508 e. The number of anilines is 1. The molecule has 6 N–H and O–H groups in total. The van der Waals surface area contributed by atoms with Crippen molar-refractivity contribution in [3.05, 3.63) is 89.1 Å². The summed E-state index contributed by atoms with van der Waals surface area (Å²) in [6.07, 6.45) is 2.27. The fraction of sp³-hybridized carbons (Fsp3) is 0.308. The summed E-state index contributed by atoms with van der Waals surface area (Å²) in [7, 11) is 0. The second-order valence-corrected chi connectivity index (χ2v) is 8.85. The van der Waals surface area contributed by atoms with Crippen molar-refractivity contribution in [3.8, 4) is 5.75 Å². The summed E-state index contributed by atoms with van der Waals surface area (Å²) in [6, 6.07) is 18.0. The molecule has 2 aromatic carbocycles. The zero-order valence-corrected chi connectivity index (χ0v) is 19.1. The minimum Gasteiger partial charge on any atom is -0.508 e. The molecule has 0 fully saturated rings. The average molecular weight is 449 g/mol. The highest BCUT2D eigenvalue weighted by molar-refractivity contribution is 5.94. The van der Waals surface area contributed by atoms with Crippen molar-refractivity contribution < 1.29 is 15.0 Å². The number of β-amino-alcohol motifs (C(OH)–C–C–N with tert-alkyl or cyclic N) is 1. The summed E-state index contributed by atoms with van der Waals surface area (Å²) < 4.78 is 0. The molecule has 33 heavy (non-hydrogen) atoms. The summed E-state index contributed by atoms with van der Waals surface area (Å²) in [5.41, 5.74) is 8.70. The normalized spacial score (nSPS) is 12.3. The first-order chi connectivity index (χ1) is 15.7. The Labute approximate surface area is 194 Å². The molecule has 7 heteroatoms. The first-order valence-electron chi connectivity index (χ1n) is 11.0. The Morgan fingerprint density at radius 1 is 1.09 bits per heavy atom. The number of aliphatic hydroxyl groups excluding tert-OH is 1. The van der Waals surface area contributed by atoms with Gasteiger partial charge in [-0.25, -0.2) is 4.98 Å². The number of carbonyl (C=O) groups is 1. The molecule has 1 aromatic heterocycles. The van der Waals surface area contributed by atoms with Crippen LogP contribution in [0.2, 0.25) is 0 Å². The van der Waals surface area contributed by atoms with Crippen LogP contribution in [0.25, 0.3) is 0 Å². The van der Waals surface area contributed by atoms with Crippen molar-refractivity contribution in [1.82, 2.24) is 15.6 Å². The molecule has 0 aliphatic heterocycles. The zero-order chi connectivity index (χ0) is 23.8. The molecule has 7 nitrogen and oxygen atoms in total. The van der Waals surface area contributed by atoms with Crippen LogP contribution in [-0.2, 0) is 12.8 Å². The molecule has 0 aliphatic carbocycles. The van der Waals surface area contributed by atoms with E-state index in [9.17, 15) is 15.0 Å². The van der Waals surface area contributed by atoms with E-state index in [4.69, 9.17) is 5.73 Å². The van der Waals surface area contributed by atoms with Crippen LogP contribution in [0.3, 0.4) is 0 Å². The highest BCUT2D eigenvalue weighted by Crippen LogP contribution is 2.17. The van der Waals surface area contributed by atoms with Crippen LogP contribution in [-0.4, -0.2) is 39.7 Å². The number of carbonyl (C=O) groups excluding carboxylic acids is 1. The third-order valence-electron chi connectivity index (χ3n) is 5.44. The maximum Gasteiger partial charge on any atom is 0.251 e. The van der Waals surface area contributed by atoms with Gasteiger partial charge in [-0.1, -0.05) is 30.3 Å². The number of rotatable bonds is 10. The number of nitrogens with zero attached hydrogens (tertiary/aromatic N) is 1. The second-order valence-electron chi connectivity index (χ2n) is 8.85. The highest BCUT2D eigenvalue weighted by atomic mass is 16.3. The van der Waals surface area contributed by atoms with Gasteiger partial charge in [0.25, 0.3) is 5.91 Å². The van der Waals surface area contributed by atoms with Crippen LogP contribution in [0.4, 0.5) is 5.82 Å². The summed E-state index contributed by atoms with van der Waals surface area (Å²) in [6.45, 7) is 5.01. The molecule has 1 heterocycles. The topological polar surface area (TPSA) is 120 Å². The van der Waals surface area contributed by atoms with Crippen LogP contribution in [0.5, 0.6) is 5.75 Å². The lowest BCUT2D eigenvalue weighted by Crippen LogP contribution is -2.43. The number of aliphatic hydroxyl groups is 1. The van der Waals surface area contributed by atoms with Crippen molar-refractivity contribution in [2.45, 2.75) is 38.3 Å². The molecule has 1 amide bonds. The summed E-state index contributed by atoms with van der Waals surface area (Å²) >= 11 is 0. The quantitative estimate of drug-likeness (QED) is 0.325. The fourth-order valence-corrected chi connectivity index (χ4v) is 3.59. The van der Waals surface area contributed by atoms with E-state index in [2.05, 4.69) is 29.5 Å². The average Bonchev–Trinajstić information content (AvgIpc) is 2.79. The molecule has 0 radical (unpaired) electrons. The van der Waals surface area contributed by atoms with Gasteiger partial charge in [0.15, 0.2) is 0 Å². The molecule has 0 saturated heterocycles. The van der Waals surface area contributed by atoms with E-state index >= 15 is 0 Å². The van der Waals surface area contributed by atoms with Crippen LogP contribution in [0.15, 0.2) is 66.9 Å². The summed E-state index contributed by atoms with van der Waals surface area (Å²) in [5.74, 6) is 0.532. The van der Waals surface area contributed by atoms with E-state index in [1.54, 1.807) is 36.5 Å². The number of phenols is 1. The van der Waals surface area contributed by atoms with Crippen LogP contribution < -0.4 is 16.4 Å². The molecule has 174 valence electrons. The number of hydrogen-bond donors (Lipinski definition) is 5. The molecule has 0 aliphatic rings. The maximum atomic E-state index is 12.6. The Morgan fingerprint density at radius 2 is 1.85 bits per heavy atom. The molecular weight excluding hydrogens is 416 g/mol. The Balaban J connectivity index is 1.51. The molecule has 0 saturated carbocycles. The van der Waals surface area contributed by atoms with Crippen molar-refractivity contribution in [3.63, 3.8) is 0 Å². The Bertz CT molecular complexity index is 1050. The number of nitrogens with one attached hydrogen (secondary N) is 2. The van der Waals surface area contributed by atoms with Crippen LogP contribution >= 0.6 is 0 Å². The first-order valence-corrected chi connectivity index (χ1v) is 11.0. The second kappa shape index (κ2) is 10.9. The van der Waals surface area contributed by atoms with Gasteiger partial charge in [-0.15, -0.1) is 0 Å². The Kier molecular flexibility index (Phi) is 8.03. The number of aromatic nitrogens is 1. The zero-order valence-electron chi connectivity index (χ0n) is 19.1. The number of nitrogen functional groups attached to an aromatic ring is 1. The van der Waals surface area contributed by atoms with Gasteiger partial charge >= 0.3 is 0 Å². The summed E-state index contributed by atoms with van der Waals surface area (Å²) in [5, 5.41) is 26.1. The molecule has 0 spiro atoms. The van der Waals surface area contributed by atoms with Gasteiger partial charge in [0.2, 0.25) is 0 Å². The predicted molar refractivity (Wildman–Crippen MR) is 130 cm³/mol. The first kappa shape index (κ1) is 24.2. The van der Waals surface area contributed by atoms with E-state index in [0.29, 0.717) is 42.9 Å². The summed E-state index contributed by atoms with van der Waals surface area (Å²) in [4.78, 5) is 16.6. The van der Waals surface area contributed by atoms with Gasteiger partial charge < -0.3 is 26.6 Å². The van der Waals surface area contributed by atoms with E-state index in [0.717, 1.165) is 11.1 Å². The highest BCUT2D eigenvalue weighted by Gasteiger charge is 2.20. The third-order valence-corrected chi connectivity index (χ3v) is 5.44. The van der Waals surface area contributed by atoms with Crippen molar-refractivity contribution in [2.75, 3.05) is 18.8 Å². The molecule has 3 aromatic rings. The fourth-order valence-electron chi connectivity index (χ4n) is 3.59. The van der Waals surface area contributed by atoms with Gasteiger partial charge in [-0.3, -0.25) is 4.79 Å². The van der Waals surface area contributed by atoms with Crippen molar-refractivity contribution in [2.24, 2.45) is 0 Å². The minimum absolute atomic E-state index is 0.118. The minimum atomic E-state index is -0.692. The number of pyridine rings is 1. The lowest BCUT2D eigenvalue weighted by atomic mass is 9.93. The number of nitrogens with two attached hydrogens (primary N) is 1. The van der Waals surface area contributed by atoms with Crippen LogP contribution in [0.1, 0.15) is 47.0 Å². The number of benzene rings is 2. The molecule has 0 unspecified atom stereocenters. The number of phenolic OH excluding ortho intramolecular Hbond substituents is 1. The lowest BCUT2D eigenvalue weighted by molar-refractivity contribution is 0.0954. The van der Waals surface area contributed by atoms with Gasteiger partial charge in [0.05, 0.1) is 6.10 Å². The number of amides is 1. The lowest BCUT2D eigenvalue weighted by Gasteiger charge is -2.28. The Morgan fingerprint density at radius 3 is 2.55 bits per heavy atom. The van der Waals surface area contributed by atoms with Crippen molar-refractivity contribution >= 4 is 11.7 Å². The standard InChI is InChI=1S/C26H32N4O3/c1-26(2,30-17-23(32)21-8-11-24(27)29-16-21)15-19-4-3-5-20(14-19)25(33)28-13-12-18-6-9-22(31)10-7-18/h3-11,14,16,23,30-32H,12-13,15,17H2,1-2H3,(H2,27,29)(H,28,33)/t23-/m1/s1. The third kappa shape index (κ3) is 7.59. The molecular formula is C26H32N4O3. The number of aromatic hydroxyl groups is 1. The van der Waals surface area contributed by atoms with Gasteiger partial charge in [0, 0.05) is 36.0 Å². The van der Waals surface area contributed by atoms with Crippen LogP contribution in [0, 0.1) is 0 Å². The van der Waals surface area contributed by atoms with Crippen molar-refractivity contribution in [1.29, 1.82) is 0 Å². The van der Waals surface area contributed by atoms with Gasteiger partial charge in [-0.2, -0.15) is 0 Å². The van der Waals surface area contributed by atoms with Gasteiger partial charge in [-0.05, 0) is 68.1 Å². The Hall–Kier alpha value is -3.42. The number of hydrogen-bond acceptors (Lipinski definition) is 6. The van der Waals surface area contributed by atoms with E-state index < -0.39 is 6.10 Å². The molecule has 1 atom stereocenters. The van der Waals surface area contributed by atoms with Gasteiger partial charge in [0.1, 0.15) is 11.6 Å².